The summed E-state index contributed by atoms with van der Waals surface area (Å²) in [5, 5.41) is 0. The summed E-state index contributed by atoms with van der Waals surface area (Å²) in [6.45, 7) is 4.00. The van der Waals surface area contributed by atoms with Gasteiger partial charge in [0, 0.05) is 15.5 Å². The summed E-state index contributed by atoms with van der Waals surface area (Å²) in [7, 11) is 8.00. The first kappa shape index (κ1) is 35.6. The Kier molecular flexibility index (Phi) is 30700. The summed E-state index contributed by atoms with van der Waals surface area (Å²) in [5.74, 6) is 0. The molecule has 0 aliphatic carbocycles. The average Bonchev–Trinajstić information content (AvgIpc) is 1.50. The van der Waals surface area contributed by atoms with Crippen molar-refractivity contribution in [1.29, 1.82) is 0 Å². The standard InChI is InChI=1S/C2H6.2CH4.B2/c1-2;;;1-2/h1-2H3;2*1H4;. The topological polar surface area (TPSA) is 0 Å². The molecule has 2 heteroatoms. The predicted octanol–water partition coefficient (Wildman–Crippen LogP) is 1.54. The zero-order chi connectivity index (χ0) is 4.00. The van der Waals surface area contributed by atoms with E-state index in [2.05, 4.69) is 15.5 Å². The largest absolute Gasteiger partial charge is 0.0776 e. The maximum Gasteiger partial charge on any atom is 0 e. The van der Waals surface area contributed by atoms with E-state index < -0.39 is 0 Å². The van der Waals surface area contributed by atoms with Gasteiger partial charge in [-0.05, 0) is 0 Å². The molecule has 0 rings (SSSR count). The van der Waals surface area contributed by atoms with Crippen LogP contribution >= 0.6 is 0 Å². The predicted molar refractivity (Wildman–Crippen MR) is 36.3 cm³/mol. The third kappa shape index (κ3) is 2400. The molecule has 0 amide bonds. The molecule has 0 aromatic rings. The first-order chi connectivity index (χ1) is 2.00. The van der Waals surface area contributed by atoms with Crippen LogP contribution in [0.1, 0.15) is 28.7 Å². The van der Waals surface area contributed by atoms with Crippen LogP contribution in [-0.2, 0) is 0 Å². The van der Waals surface area contributed by atoms with Crippen molar-refractivity contribution in [3.05, 3.63) is 0 Å². The molecule has 4 radical (unpaired) electrons. The lowest BCUT2D eigenvalue weighted by atomic mass is 9.81. The molecule has 0 bridgehead atoms. The van der Waals surface area contributed by atoms with Gasteiger partial charge in [0.2, 0.25) is 0 Å². The maximum absolute atomic E-state index is 4.00. The first-order valence-electron chi connectivity index (χ1n) is 1.33. The van der Waals surface area contributed by atoms with E-state index in [9.17, 15) is 0 Å². The molecule has 0 aliphatic heterocycles. The van der Waals surface area contributed by atoms with E-state index in [0.29, 0.717) is 0 Å². The van der Waals surface area contributed by atoms with E-state index in [4.69, 9.17) is 0 Å². The molecule has 0 aromatic heterocycles. The van der Waals surface area contributed by atoms with Gasteiger partial charge in [-0.15, -0.1) is 0 Å². The summed E-state index contributed by atoms with van der Waals surface area (Å²) in [6.07, 6.45) is 0. The molecule has 0 unspecified atom stereocenters. The van der Waals surface area contributed by atoms with Gasteiger partial charge in [-0.3, -0.25) is 0 Å². The molecular formula is C4H14B2. The Balaban J connectivity index is -0.00000000500. The molecule has 0 saturated carbocycles. The van der Waals surface area contributed by atoms with Gasteiger partial charge < -0.3 is 0 Å². The molecule has 0 fully saturated rings. The van der Waals surface area contributed by atoms with Crippen LogP contribution in [0.5, 0.6) is 0 Å². The summed E-state index contributed by atoms with van der Waals surface area (Å²) in [4.78, 5) is 0. The van der Waals surface area contributed by atoms with Crippen LogP contribution in [0, 0.1) is 0 Å². The maximum atomic E-state index is 4.00. The van der Waals surface area contributed by atoms with Gasteiger partial charge in [-0.2, -0.15) is 0 Å². The molecule has 0 aliphatic rings. The lowest BCUT2D eigenvalue weighted by Gasteiger charge is -1.07. The van der Waals surface area contributed by atoms with Crippen molar-refractivity contribution in [3.8, 4) is 0 Å². The highest BCUT2D eigenvalue weighted by molar-refractivity contribution is 6.75. The van der Waals surface area contributed by atoms with Crippen LogP contribution in [0.4, 0.5) is 0 Å². The van der Waals surface area contributed by atoms with Gasteiger partial charge in [-0.1, -0.05) is 28.7 Å². The third-order valence-corrected chi connectivity index (χ3v) is 0. The highest BCUT2D eigenvalue weighted by atomic mass is 13.0. The number of hydrogen-bond acceptors (Lipinski definition) is 0. The van der Waals surface area contributed by atoms with Crippen molar-refractivity contribution in [2.75, 3.05) is 0 Å². The first-order valence-corrected chi connectivity index (χ1v) is 1.33. The molecule has 0 saturated heterocycles. The van der Waals surface area contributed by atoms with Crippen molar-refractivity contribution in [2.24, 2.45) is 0 Å². The van der Waals surface area contributed by atoms with Crippen LogP contribution in [0.25, 0.3) is 0 Å². The summed E-state index contributed by atoms with van der Waals surface area (Å²) in [5.41, 5.74) is 0. The zero-order valence-corrected chi connectivity index (χ0v) is 3.15. The van der Waals surface area contributed by atoms with E-state index in [1.165, 1.54) is 0 Å². The van der Waals surface area contributed by atoms with E-state index in [-0.39, 0.29) is 14.9 Å². The third-order valence-electron chi connectivity index (χ3n) is 0. The lowest BCUT2D eigenvalue weighted by Crippen LogP contribution is -1.38. The van der Waals surface area contributed by atoms with Gasteiger partial charge in [-0.25, -0.2) is 0 Å². The molecule has 0 nitrogen and oxygen atoms in total. The normalized spacial score (nSPS) is 1.67. The second-order valence-corrected chi connectivity index (χ2v) is 0. The van der Waals surface area contributed by atoms with E-state index in [1.807, 2.05) is 13.8 Å². The summed E-state index contributed by atoms with van der Waals surface area (Å²) >= 11 is 0. The number of rotatable bonds is 0. The molecule has 0 atom stereocenters. The minimum Gasteiger partial charge on any atom is -0.0776 e. The van der Waals surface area contributed by atoms with E-state index in [0.717, 1.165) is 0 Å². The average molecular weight is 83.8 g/mol. The van der Waals surface area contributed by atoms with Crippen molar-refractivity contribution in [3.63, 3.8) is 0 Å². The Morgan fingerprint density at radius 2 is 0.833 bits per heavy atom. The van der Waals surface area contributed by atoms with Crippen LogP contribution in [0.3, 0.4) is 0 Å². The Hall–Kier alpha value is 0.130. The molecule has 36 valence electrons. The number of hydrogen-bond donors (Lipinski definition) is 0. The van der Waals surface area contributed by atoms with Crippen LogP contribution in [-0.4, -0.2) is 15.5 Å². The summed E-state index contributed by atoms with van der Waals surface area (Å²) in [6, 6.07) is 0. The monoisotopic (exact) mass is 84.1 g/mol. The molecule has 0 spiro atoms. The van der Waals surface area contributed by atoms with Gasteiger partial charge in [0.25, 0.3) is 0 Å². The lowest BCUT2D eigenvalue weighted by molar-refractivity contribution is 1.50. The SMILES string of the molecule is C.C.CC.[B][B]. The van der Waals surface area contributed by atoms with Crippen LogP contribution in [0.2, 0.25) is 0 Å². The molecular weight excluding hydrogens is 69.7 g/mol. The van der Waals surface area contributed by atoms with Crippen molar-refractivity contribution in [2.45, 2.75) is 28.7 Å². The Labute approximate surface area is 45.1 Å². The van der Waals surface area contributed by atoms with Crippen molar-refractivity contribution >= 4 is 15.5 Å². The van der Waals surface area contributed by atoms with Crippen molar-refractivity contribution in [1.82, 2.24) is 0 Å². The second-order valence-electron chi connectivity index (χ2n) is 0. The highest BCUT2D eigenvalue weighted by Gasteiger charge is 1.00. The van der Waals surface area contributed by atoms with Gasteiger partial charge >= 0.3 is 0 Å². The van der Waals surface area contributed by atoms with Crippen LogP contribution < -0.4 is 0 Å². The fourth-order valence-corrected chi connectivity index (χ4v) is 0. The van der Waals surface area contributed by atoms with Gasteiger partial charge in [0.05, 0.1) is 0 Å². The van der Waals surface area contributed by atoms with Gasteiger partial charge in [0.15, 0.2) is 0 Å². The smallest absolute Gasteiger partial charge is 0 e. The fraction of sp³-hybridized carbons (Fsp3) is 1.00. The highest BCUT2D eigenvalue weighted by Crippen LogP contribution is 1.14. The molecule has 6 heavy (non-hydrogen) atoms. The summed E-state index contributed by atoms with van der Waals surface area (Å²) < 4.78 is 0. The minimum absolute atomic E-state index is 0. The van der Waals surface area contributed by atoms with Gasteiger partial charge in [0.1, 0.15) is 0 Å². The Morgan fingerprint density at radius 1 is 0.833 bits per heavy atom. The van der Waals surface area contributed by atoms with E-state index >= 15 is 0 Å². The molecule has 0 heterocycles. The van der Waals surface area contributed by atoms with Crippen LogP contribution in [0.15, 0.2) is 0 Å². The molecule has 0 aromatic carbocycles. The minimum atomic E-state index is 0. The Bertz CT molecular complexity index is 5.51. The second kappa shape index (κ2) is 5190. The molecule has 0 N–H and O–H groups in total. The Morgan fingerprint density at radius 3 is 0.833 bits per heavy atom. The zero-order valence-electron chi connectivity index (χ0n) is 3.15. The van der Waals surface area contributed by atoms with E-state index in [1.54, 1.807) is 0 Å². The quantitative estimate of drug-likeness (QED) is 0.390. The van der Waals surface area contributed by atoms with Crippen molar-refractivity contribution < 1.29 is 0 Å². The fourth-order valence-electron chi connectivity index (χ4n) is 0.